The van der Waals surface area contributed by atoms with E-state index in [0.717, 1.165) is 11.3 Å². The molecule has 3 rings (SSSR count). The maximum absolute atomic E-state index is 13.0. The SMILES string of the molecule is COc1cc2c(CC(=O)O)c(C)n(C(=O)c3ccc(Cl)s3)c2cc1Cl. The lowest BCUT2D eigenvalue weighted by Crippen LogP contribution is -2.12. The second kappa shape index (κ2) is 6.71. The summed E-state index contributed by atoms with van der Waals surface area (Å²) in [7, 11) is 1.48. The van der Waals surface area contributed by atoms with Crippen molar-refractivity contribution in [3.05, 3.63) is 49.8 Å². The van der Waals surface area contributed by atoms with Gasteiger partial charge in [-0.25, -0.2) is 0 Å². The molecule has 0 atom stereocenters. The van der Waals surface area contributed by atoms with Gasteiger partial charge < -0.3 is 9.84 Å². The Hall–Kier alpha value is -2.02. The Labute approximate surface area is 157 Å². The predicted octanol–water partition coefficient (Wildman–Crippen LogP) is 4.64. The van der Waals surface area contributed by atoms with Gasteiger partial charge in [0.1, 0.15) is 5.75 Å². The lowest BCUT2D eigenvalue weighted by atomic mass is 10.1. The predicted molar refractivity (Wildman–Crippen MR) is 98.6 cm³/mol. The van der Waals surface area contributed by atoms with Gasteiger partial charge in [-0.05, 0) is 36.8 Å². The van der Waals surface area contributed by atoms with Crippen molar-refractivity contribution in [2.45, 2.75) is 13.3 Å². The number of aromatic nitrogens is 1. The normalized spacial score (nSPS) is 11.0. The minimum absolute atomic E-state index is 0.210. The summed E-state index contributed by atoms with van der Waals surface area (Å²) in [6, 6.07) is 6.56. The number of carbonyl (C=O) groups is 2. The van der Waals surface area contributed by atoms with Crippen LogP contribution in [0.4, 0.5) is 0 Å². The highest BCUT2D eigenvalue weighted by molar-refractivity contribution is 7.18. The van der Waals surface area contributed by atoms with E-state index in [0.29, 0.717) is 42.1 Å². The third kappa shape index (κ3) is 3.13. The Morgan fingerprint density at radius 3 is 2.56 bits per heavy atom. The first-order chi connectivity index (χ1) is 11.8. The van der Waals surface area contributed by atoms with Crippen LogP contribution in [-0.4, -0.2) is 28.7 Å². The number of halogens is 2. The molecule has 8 heteroatoms. The molecule has 0 fully saturated rings. The lowest BCUT2D eigenvalue weighted by Gasteiger charge is -2.07. The summed E-state index contributed by atoms with van der Waals surface area (Å²) in [6.07, 6.45) is -0.210. The van der Waals surface area contributed by atoms with Crippen LogP contribution in [-0.2, 0) is 11.2 Å². The number of hydrogen-bond donors (Lipinski definition) is 1. The van der Waals surface area contributed by atoms with Crippen molar-refractivity contribution in [2.75, 3.05) is 7.11 Å². The highest BCUT2D eigenvalue weighted by atomic mass is 35.5. The molecular formula is C17H13Cl2NO4S. The maximum Gasteiger partial charge on any atom is 0.307 e. The molecule has 0 amide bonds. The van der Waals surface area contributed by atoms with E-state index in [9.17, 15) is 14.7 Å². The van der Waals surface area contributed by atoms with E-state index in [4.69, 9.17) is 27.9 Å². The summed E-state index contributed by atoms with van der Waals surface area (Å²) >= 11 is 13.3. The van der Waals surface area contributed by atoms with Crippen LogP contribution in [0.5, 0.6) is 5.75 Å². The molecule has 2 heterocycles. The largest absolute Gasteiger partial charge is 0.495 e. The monoisotopic (exact) mass is 397 g/mol. The zero-order valence-electron chi connectivity index (χ0n) is 13.3. The van der Waals surface area contributed by atoms with Gasteiger partial charge in [0.05, 0.1) is 33.3 Å². The molecule has 5 nitrogen and oxygen atoms in total. The Kier molecular flexibility index (Phi) is 4.77. The minimum atomic E-state index is -0.984. The number of nitrogens with zero attached hydrogens (tertiary/aromatic N) is 1. The van der Waals surface area contributed by atoms with E-state index in [-0.39, 0.29) is 12.3 Å². The summed E-state index contributed by atoms with van der Waals surface area (Å²) in [5.74, 6) is -0.843. The second-order valence-corrected chi connectivity index (χ2v) is 7.50. The van der Waals surface area contributed by atoms with Crippen molar-refractivity contribution in [1.82, 2.24) is 4.57 Å². The van der Waals surface area contributed by atoms with Crippen LogP contribution >= 0.6 is 34.5 Å². The van der Waals surface area contributed by atoms with Gasteiger partial charge >= 0.3 is 5.97 Å². The van der Waals surface area contributed by atoms with Crippen molar-refractivity contribution in [3.8, 4) is 5.75 Å². The standard InChI is InChI=1S/C17H13Cl2NO4S/c1-8-9(6-16(21)22)10-5-13(24-2)11(18)7-12(10)20(8)17(23)14-3-4-15(19)25-14/h3-5,7H,6H2,1-2H3,(H,21,22). The number of carboxylic acid groups (broad SMARTS) is 1. The van der Waals surface area contributed by atoms with Crippen LogP contribution in [0.15, 0.2) is 24.3 Å². The number of benzene rings is 1. The summed E-state index contributed by atoms with van der Waals surface area (Å²) in [5.41, 5.74) is 1.64. The topological polar surface area (TPSA) is 68.5 Å². The summed E-state index contributed by atoms with van der Waals surface area (Å²) in [4.78, 5) is 24.7. The molecule has 25 heavy (non-hydrogen) atoms. The van der Waals surface area contributed by atoms with E-state index in [1.54, 1.807) is 31.2 Å². The average Bonchev–Trinajstić information content (AvgIpc) is 3.08. The fraction of sp³-hybridized carbons (Fsp3) is 0.176. The van der Waals surface area contributed by atoms with Crippen LogP contribution in [0.2, 0.25) is 9.36 Å². The molecule has 0 saturated carbocycles. The first kappa shape index (κ1) is 17.8. The average molecular weight is 398 g/mol. The molecule has 1 aromatic carbocycles. The number of rotatable bonds is 4. The zero-order chi connectivity index (χ0) is 18.3. The number of carboxylic acids is 1. The fourth-order valence-corrected chi connectivity index (χ4v) is 4.02. The van der Waals surface area contributed by atoms with Crippen molar-refractivity contribution < 1.29 is 19.4 Å². The molecule has 2 aromatic heterocycles. The Morgan fingerprint density at radius 1 is 1.28 bits per heavy atom. The second-order valence-electron chi connectivity index (χ2n) is 5.38. The summed E-state index contributed by atoms with van der Waals surface area (Å²) in [5, 5.41) is 10.2. The molecule has 0 aliphatic carbocycles. The van der Waals surface area contributed by atoms with Crippen LogP contribution in [0.3, 0.4) is 0 Å². The lowest BCUT2D eigenvalue weighted by molar-refractivity contribution is -0.136. The molecule has 0 radical (unpaired) electrons. The van der Waals surface area contributed by atoms with Crippen molar-refractivity contribution >= 4 is 57.3 Å². The van der Waals surface area contributed by atoms with Gasteiger partial charge in [0.25, 0.3) is 5.91 Å². The first-order valence-corrected chi connectivity index (χ1v) is 8.80. The van der Waals surface area contributed by atoms with E-state index in [2.05, 4.69) is 0 Å². The molecule has 0 unspecified atom stereocenters. The number of carbonyl (C=O) groups excluding carboxylic acids is 1. The highest BCUT2D eigenvalue weighted by Crippen LogP contribution is 2.36. The highest BCUT2D eigenvalue weighted by Gasteiger charge is 2.23. The number of ether oxygens (including phenoxy) is 1. The van der Waals surface area contributed by atoms with E-state index >= 15 is 0 Å². The summed E-state index contributed by atoms with van der Waals surface area (Å²) in [6.45, 7) is 1.71. The number of methoxy groups -OCH3 is 1. The van der Waals surface area contributed by atoms with Crippen molar-refractivity contribution in [2.24, 2.45) is 0 Å². The van der Waals surface area contributed by atoms with Crippen LogP contribution in [0.25, 0.3) is 10.9 Å². The van der Waals surface area contributed by atoms with Gasteiger partial charge in [-0.2, -0.15) is 0 Å². The van der Waals surface area contributed by atoms with E-state index < -0.39 is 5.97 Å². The van der Waals surface area contributed by atoms with Crippen LogP contribution in [0, 0.1) is 6.92 Å². The van der Waals surface area contributed by atoms with Gasteiger partial charge in [0.15, 0.2) is 0 Å². The van der Waals surface area contributed by atoms with Gasteiger partial charge in [-0.15, -0.1) is 11.3 Å². The van der Waals surface area contributed by atoms with Crippen molar-refractivity contribution in [3.63, 3.8) is 0 Å². The smallest absolute Gasteiger partial charge is 0.307 e. The molecule has 0 aliphatic rings. The molecule has 0 aliphatic heterocycles. The number of fused-ring (bicyclic) bond motifs is 1. The molecule has 1 N–H and O–H groups in total. The molecule has 3 aromatic rings. The summed E-state index contributed by atoms with van der Waals surface area (Å²) < 4.78 is 7.20. The first-order valence-electron chi connectivity index (χ1n) is 7.22. The molecule has 130 valence electrons. The van der Waals surface area contributed by atoms with Gasteiger partial charge in [-0.1, -0.05) is 23.2 Å². The Morgan fingerprint density at radius 2 is 2.00 bits per heavy atom. The third-order valence-corrected chi connectivity index (χ3v) is 5.44. The minimum Gasteiger partial charge on any atom is -0.495 e. The molecule has 0 spiro atoms. The van der Waals surface area contributed by atoms with E-state index in [1.165, 1.54) is 11.7 Å². The maximum atomic E-state index is 13.0. The number of hydrogen-bond acceptors (Lipinski definition) is 4. The zero-order valence-corrected chi connectivity index (χ0v) is 15.6. The van der Waals surface area contributed by atoms with E-state index in [1.807, 2.05) is 0 Å². The molecule has 0 saturated heterocycles. The number of aliphatic carboxylic acids is 1. The van der Waals surface area contributed by atoms with Crippen LogP contribution in [0.1, 0.15) is 20.9 Å². The third-order valence-electron chi connectivity index (χ3n) is 3.92. The quantitative estimate of drug-likeness (QED) is 0.695. The van der Waals surface area contributed by atoms with Gasteiger partial charge in [-0.3, -0.25) is 14.2 Å². The number of thiophene rings is 1. The Bertz CT molecular complexity index is 1010. The fourth-order valence-electron chi connectivity index (χ4n) is 2.81. The molecule has 0 bridgehead atoms. The molecular weight excluding hydrogens is 385 g/mol. The van der Waals surface area contributed by atoms with Crippen LogP contribution < -0.4 is 4.74 Å². The Balaban J connectivity index is 2.30. The van der Waals surface area contributed by atoms with Crippen molar-refractivity contribution in [1.29, 1.82) is 0 Å². The van der Waals surface area contributed by atoms with Gasteiger partial charge in [0.2, 0.25) is 0 Å². The van der Waals surface area contributed by atoms with Gasteiger partial charge in [0, 0.05) is 11.1 Å².